The molecule has 2 aromatic carbocycles. The lowest BCUT2D eigenvalue weighted by Gasteiger charge is -2.22. The molecule has 7 heteroatoms. The van der Waals surface area contributed by atoms with Crippen LogP contribution in [0.2, 0.25) is 0 Å². The highest BCUT2D eigenvalue weighted by Gasteiger charge is 2.38. The van der Waals surface area contributed by atoms with E-state index in [2.05, 4.69) is 5.32 Å². The van der Waals surface area contributed by atoms with Crippen molar-refractivity contribution in [1.82, 2.24) is 5.32 Å². The fourth-order valence-electron chi connectivity index (χ4n) is 3.01. The number of Topliss-reactive ketones (excluding diaryl/α,β-unsaturated/α-hetero) is 1. The maximum Gasteiger partial charge on any atom is 0.407 e. The second-order valence-electron chi connectivity index (χ2n) is 6.35. The number of alkyl carbamates (subject to hydrolysis) is 1. The number of hydrogen-bond donors (Lipinski definition) is 1. The molecule has 6 nitrogen and oxygen atoms in total. The molecule has 0 fully saturated rings. The van der Waals surface area contributed by atoms with Crippen molar-refractivity contribution in [3.63, 3.8) is 0 Å². The van der Waals surface area contributed by atoms with E-state index < -0.39 is 28.3 Å². The maximum atomic E-state index is 13.2. The highest BCUT2D eigenvalue weighted by Crippen LogP contribution is 2.37. The molecule has 0 bridgehead atoms. The first-order chi connectivity index (χ1) is 13.5. The number of carbonyl (C=O) groups excluding carboxylic acids is 2. The van der Waals surface area contributed by atoms with Crippen molar-refractivity contribution in [2.75, 3.05) is 13.2 Å². The molecule has 0 aromatic heterocycles. The number of fused-ring (bicyclic) bond motifs is 1. The summed E-state index contributed by atoms with van der Waals surface area (Å²) in [6.45, 7) is 1.92. The standard InChI is InChI=1S/C21H21NO5S/c1-2-3-13-22-21(24)27-14-18-19(15-9-5-4-6-10-15)20(23)16-11-7-8-12-17(16)28(18,25)26/h4-12H,2-3,13-14H2,1H3,(H,22,24). The summed E-state index contributed by atoms with van der Waals surface area (Å²) in [5.74, 6) is -0.401. The second kappa shape index (κ2) is 8.39. The van der Waals surface area contributed by atoms with Crippen molar-refractivity contribution in [2.45, 2.75) is 24.7 Å². The average Bonchev–Trinajstić information content (AvgIpc) is 2.70. The van der Waals surface area contributed by atoms with Gasteiger partial charge < -0.3 is 10.1 Å². The highest BCUT2D eigenvalue weighted by atomic mass is 32.2. The minimum atomic E-state index is -3.98. The third-order valence-electron chi connectivity index (χ3n) is 4.45. The molecule has 0 saturated heterocycles. The summed E-state index contributed by atoms with van der Waals surface area (Å²) in [7, 11) is -3.98. The van der Waals surface area contributed by atoms with Crippen molar-refractivity contribution in [1.29, 1.82) is 0 Å². The van der Waals surface area contributed by atoms with Crippen LogP contribution in [0.4, 0.5) is 4.79 Å². The summed E-state index contributed by atoms with van der Waals surface area (Å²) >= 11 is 0. The molecule has 146 valence electrons. The van der Waals surface area contributed by atoms with Gasteiger partial charge in [0.1, 0.15) is 6.61 Å². The summed E-state index contributed by atoms with van der Waals surface area (Å²) in [6.07, 6.45) is 0.982. The SMILES string of the molecule is CCCCNC(=O)OCC1=C(c2ccccc2)C(=O)c2ccccc2S1(=O)=O. The van der Waals surface area contributed by atoms with Crippen LogP contribution >= 0.6 is 0 Å². The Morgan fingerprint density at radius 2 is 1.71 bits per heavy atom. The molecule has 28 heavy (non-hydrogen) atoms. The first-order valence-electron chi connectivity index (χ1n) is 9.04. The van der Waals surface area contributed by atoms with Gasteiger partial charge in [0.25, 0.3) is 0 Å². The van der Waals surface area contributed by atoms with E-state index >= 15 is 0 Å². The highest BCUT2D eigenvalue weighted by molar-refractivity contribution is 7.95. The number of allylic oxidation sites excluding steroid dienone is 1. The van der Waals surface area contributed by atoms with Gasteiger partial charge >= 0.3 is 6.09 Å². The number of unbranched alkanes of at least 4 members (excludes halogenated alkanes) is 1. The topological polar surface area (TPSA) is 89.5 Å². The molecule has 1 amide bonds. The van der Waals surface area contributed by atoms with Gasteiger partial charge in [-0.1, -0.05) is 55.8 Å². The molecule has 0 spiro atoms. The third-order valence-corrected chi connectivity index (χ3v) is 6.35. The van der Waals surface area contributed by atoms with E-state index in [0.717, 1.165) is 12.8 Å². The van der Waals surface area contributed by atoms with Gasteiger partial charge in [-0.3, -0.25) is 4.79 Å². The van der Waals surface area contributed by atoms with Crippen LogP contribution in [-0.2, 0) is 14.6 Å². The molecule has 0 atom stereocenters. The molecule has 1 aliphatic rings. The number of amides is 1. The molecule has 2 aromatic rings. The fourth-order valence-corrected chi connectivity index (χ4v) is 4.68. The van der Waals surface area contributed by atoms with Crippen LogP contribution in [-0.4, -0.2) is 33.4 Å². The average molecular weight is 399 g/mol. The number of ketones is 1. The van der Waals surface area contributed by atoms with Crippen LogP contribution in [0.25, 0.3) is 5.57 Å². The quantitative estimate of drug-likeness (QED) is 0.750. The molecule has 1 heterocycles. The van der Waals surface area contributed by atoms with Crippen LogP contribution in [0.1, 0.15) is 35.7 Å². The van der Waals surface area contributed by atoms with Crippen molar-refractivity contribution in [3.05, 3.63) is 70.6 Å². The number of sulfone groups is 1. The minimum Gasteiger partial charge on any atom is -0.444 e. The van der Waals surface area contributed by atoms with E-state index in [1.807, 2.05) is 6.92 Å². The van der Waals surface area contributed by atoms with Crippen LogP contribution in [0.5, 0.6) is 0 Å². The zero-order valence-corrected chi connectivity index (χ0v) is 16.3. The number of benzene rings is 2. The molecular weight excluding hydrogens is 378 g/mol. The maximum absolute atomic E-state index is 13.2. The van der Waals surface area contributed by atoms with E-state index in [4.69, 9.17) is 4.74 Å². The Morgan fingerprint density at radius 3 is 2.43 bits per heavy atom. The third kappa shape index (κ3) is 3.84. The molecule has 0 saturated carbocycles. The molecule has 0 aliphatic carbocycles. The number of nitrogens with one attached hydrogen (secondary N) is 1. The zero-order valence-electron chi connectivity index (χ0n) is 15.5. The Labute approximate surface area is 164 Å². The Morgan fingerprint density at radius 1 is 1.04 bits per heavy atom. The molecule has 0 radical (unpaired) electrons. The van der Waals surface area contributed by atoms with Gasteiger partial charge in [0.05, 0.1) is 9.80 Å². The van der Waals surface area contributed by atoms with Crippen molar-refractivity contribution in [2.24, 2.45) is 0 Å². The number of rotatable bonds is 6. The molecule has 1 N–H and O–H groups in total. The van der Waals surface area contributed by atoms with E-state index in [1.54, 1.807) is 42.5 Å². The molecular formula is C21H21NO5S. The molecule has 3 rings (SSSR count). The van der Waals surface area contributed by atoms with Crippen molar-refractivity contribution < 1.29 is 22.7 Å². The van der Waals surface area contributed by atoms with Crippen LogP contribution in [0, 0.1) is 0 Å². The summed E-state index contributed by atoms with van der Waals surface area (Å²) < 4.78 is 31.5. The second-order valence-corrected chi connectivity index (χ2v) is 8.29. The van der Waals surface area contributed by atoms with Gasteiger partial charge in [0.2, 0.25) is 9.84 Å². The van der Waals surface area contributed by atoms with Gasteiger partial charge in [-0.15, -0.1) is 0 Å². The predicted molar refractivity (Wildman–Crippen MR) is 106 cm³/mol. The number of carbonyl (C=O) groups is 2. The lowest BCUT2D eigenvalue weighted by molar-refractivity contribution is 0.105. The van der Waals surface area contributed by atoms with E-state index in [0.29, 0.717) is 12.1 Å². The fraction of sp³-hybridized carbons (Fsp3) is 0.238. The largest absolute Gasteiger partial charge is 0.444 e. The summed E-state index contributed by atoms with van der Waals surface area (Å²) in [5.41, 5.74) is 0.633. The summed E-state index contributed by atoms with van der Waals surface area (Å²) in [5, 5.41) is 2.57. The zero-order chi connectivity index (χ0) is 20.1. The van der Waals surface area contributed by atoms with Gasteiger partial charge in [0.15, 0.2) is 5.78 Å². The first kappa shape index (κ1) is 19.8. The van der Waals surface area contributed by atoms with Gasteiger partial charge in [-0.25, -0.2) is 13.2 Å². The lowest BCUT2D eigenvalue weighted by Crippen LogP contribution is -2.29. The molecule has 0 unspecified atom stereocenters. The Hall–Kier alpha value is -2.93. The minimum absolute atomic E-state index is 0.0423. The summed E-state index contributed by atoms with van der Waals surface area (Å²) in [4.78, 5) is 24.7. The lowest BCUT2D eigenvalue weighted by atomic mass is 9.96. The van der Waals surface area contributed by atoms with Gasteiger partial charge in [-0.2, -0.15) is 0 Å². The Bertz CT molecular complexity index is 1030. The summed E-state index contributed by atoms with van der Waals surface area (Å²) in [6, 6.07) is 14.6. The van der Waals surface area contributed by atoms with Crippen LogP contribution in [0.15, 0.2) is 64.4 Å². The monoisotopic (exact) mass is 399 g/mol. The van der Waals surface area contributed by atoms with Crippen molar-refractivity contribution in [3.8, 4) is 0 Å². The van der Waals surface area contributed by atoms with Crippen molar-refractivity contribution >= 4 is 27.3 Å². The number of hydrogen-bond acceptors (Lipinski definition) is 5. The van der Waals surface area contributed by atoms with Gasteiger partial charge in [-0.05, 0) is 24.1 Å². The smallest absolute Gasteiger partial charge is 0.407 e. The molecule has 1 aliphatic heterocycles. The predicted octanol–water partition coefficient (Wildman–Crippen LogP) is 3.59. The van der Waals surface area contributed by atoms with Crippen LogP contribution in [0.3, 0.4) is 0 Å². The normalized spacial score (nSPS) is 15.1. The van der Waals surface area contributed by atoms with E-state index in [-0.39, 0.29) is 20.9 Å². The van der Waals surface area contributed by atoms with E-state index in [9.17, 15) is 18.0 Å². The van der Waals surface area contributed by atoms with Gasteiger partial charge in [0, 0.05) is 17.7 Å². The Kier molecular flexibility index (Phi) is 5.94. The first-order valence-corrected chi connectivity index (χ1v) is 10.5. The van der Waals surface area contributed by atoms with Crippen LogP contribution < -0.4 is 5.32 Å². The van der Waals surface area contributed by atoms with E-state index in [1.165, 1.54) is 12.1 Å². The number of ether oxygens (including phenoxy) is 1. The Balaban J connectivity index is 2.02.